The molecule has 0 saturated carbocycles. The highest BCUT2D eigenvalue weighted by atomic mass is 16.3. The molecule has 0 aliphatic rings. The van der Waals surface area contributed by atoms with Crippen molar-refractivity contribution in [3.63, 3.8) is 0 Å². The number of amides is 1. The van der Waals surface area contributed by atoms with Crippen molar-refractivity contribution in [2.24, 2.45) is 5.92 Å². The summed E-state index contributed by atoms with van der Waals surface area (Å²) in [6, 6.07) is 12.6. The van der Waals surface area contributed by atoms with E-state index in [1.54, 1.807) is 43.3 Å². The Morgan fingerprint density at radius 3 is 2.38 bits per heavy atom. The molecule has 0 spiro atoms. The van der Waals surface area contributed by atoms with E-state index >= 15 is 0 Å². The number of aromatic hydroxyl groups is 2. The lowest BCUT2D eigenvalue weighted by molar-refractivity contribution is -0.128. The molecule has 0 aromatic heterocycles. The summed E-state index contributed by atoms with van der Waals surface area (Å²) in [7, 11) is 3.55. The van der Waals surface area contributed by atoms with Gasteiger partial charge in [0.05, 0.1) is 0 Å². The summed E-state index contributed by atoms with van der Waals surface area (Å²) in [6.07, 6.45) is 2.23. The Balaban J connectivity index is 2.25. The Morgan fingerprint density at radius 2 is 1.81 bits per heavy atom. The number of hydrogen-bond donors (Lipinski definition) is 2. The molecule has 2 aromatic rings. The van der Waals surface area contributed by atoms with Crippen molar-refractivity contribution in [3.8, 4) is 22.6 Å². The highest BCUT2D eigenvalue weighted by molar-refractivity contribution is 5.75. The second kappa shape index (κ2) is 8.75. The van der Waals surface area contributed by atoms with E-state index in [0.29, 0.717) is 17.9 Å². The highest BCUT2D eigenvalue weighted by Crippen LogP contribution is 2.36. The zero-order valence-electron chi connectivity index (χ0n) is 16.1. The number of benzene rings is 2. The zero-order valence-corrected chi connectivity index (χ0v) is 16.1. The zero-order chi connectivity index (χ0) is 19.3. The van der Waals surface area contributed by atoms with Crippen molar-refractivity contribution < 1.29 is 15.0 Å². The molecule has 0 saturated heterocycles. The maximum absolute atomic E-state index is 12.0. The first-order valence-electron chi connectivity index (χ1n) is 9.10. The van der Waals surface area contributed by atoms with E-state index in [2.05, 4.69) is 13.8 Å². The minimum atomic E-state index is 0.124. The molecule has 4 nitrogen and oxygen atoms in total. The summed E-state index contributed by atoms with van der Waals surface area (Å²) < 4.78 is 0. The smallest absolute Gasteiger partial charge is 0.222 e. The van der Waals surface area contributed by atoms with Gasteiger partial charge in [-0.05, 0) is 54.0 Å². The molecular formula is C22H29NO3. The van der Waals surface area contributed by atoms with Crippen LogP contribution in [0, 0.1) is 5.92 Å². The monoisotopic (exact) mass is 355 g/mol. The Labute approximate surface area is 156 Å². The molecule has 140 valence electrons. The Bertz CT molecular complexity index is 753. The maximum atomic E-state index is 12.0. The minimum absolute atomic E-state index is 0.124. The average molecular weight is 355 g/mol. The van der Waals surface area contributed by atoms with E-state index in [-0.39, 0.29) is 23.3 Å². The van der Waals surface area contributed by atoms with E-state index < -0.39 is 0 Å². The highest BCUT2D eigenvalue weighted by Gasteiger charge is 2.18. The molecule has 0 aliphatic carbocycles. The van der Waals surface area contributed by atoms with Gasteiger partial charge in [0.2, 0.25) is 5.91 Å². The van der Waals surface area contributed by atoms with Gasteiger partial charge >= 0.3 is 0 Å². The molecule has 2 rings (SSSR count). The molecule has 1 unspecified atom stereocenters. The first-order valence-corrected chi connectivity index (χ1v) is 9.10. The van der Waals surface area contributed by atoms with Crippen LogP contribution in [0.1, 0.15) is 44.6 Å². The van der Waals surface area contributed by atoms with Gasteiger partial charge in [0.15, 0.2) is 0 Å². The predicted molar refractivity (Wildman–Crippen MR) is 105 cm³/mol. The Kier molecular flexibility index (Phi) is 6.67. The Hall–Kier alpha value is -2.49. The summed E-state index contributed by atoms with van der Waals surface area (Å²) in [4.78, 5) is 13.6. The molecule has 0 heterocycles. The number of phenolic OH excluding ortho intramolecular Hbond substituents is 2. The van der Waals surface area contributed by atoms with Crippen LogP contribution in [-0.2, 0) is 4.79 Å². The number of hydrogen-bond acceptors (Lipinski definition) is 3. The van der Waals surface area contributed by atoms with Gasteiger partial charge in [-0.1, -0.05) is 38.1 Å². The van der Waals surface area contributed by atoms with Crippen LogP contribution >= 0.6 is 0 Å². The summed E-state index contributed by atoms with van der Waals surface area (Å²) in [5, 5.41) is 20.2. The molecule has 0 aliphatic heterocycles. The van der Waals surface area contributed by atoms with Crippen LogP contribution in [0.15, 0.2) is 42.5 Å². The van der Waals surface area contributed by atoms with Gasteiger partial charge in [0.25, 0.3) is 0 Å². The van der Waals surface area contributed by atoms with Crippen LogP contribution in [0.2, 0.25) is 0 Å². The fourth-order valence-electron chi connectivity index (χ4n) is 3.23. The van der Waals surface area contributed by atoms with Crippen molar-refractivity contribution >= 4 is 5.91 Å². The number of rotatable bonds is 7. The molecule has 0 fully saturated rings. The largest absolute Gasteiger partial charge is 0.508 e. The molecule has 4 heteroatoms. The lowest BCUT2D eigenvalue weighted by Gasteiger charge is -2.21. The topological polar surface area (TPSA) is 60.8 Å². The second-order valence-corrected chi connectivity index (χ2v) is 7.48. The lowest BCUT2D eigenvalue weighted by Crippen LogP contribution is -2.22. The fourth-order valence-corrected chi connectivity index (χ4v) is 3.23. The van der Waals surface area contributed by atoms with Gasteiger partial charge < -0.3 is 15.1 Å². The van der Waals surface area contributed by atoms with Crippen molar-refractivity contribution in [1.29, 1.82) is 0 Å². The van der Waals surface area contributed by atoms with Gasteiger partial charge in [0.1, 0.15) is 11.5 Å². The molecule has 2 aromatic carbocycles. The van der Waals surface area contributed by atoms with E-state index in [0.717, 1.165) is 24.0 Å². The second-order valence-electron chi connectivity index (χ2n) is 7.48. The van der Waals surface area contributed by atoms with Gasteiger partial charge in [-0.3, -0.25) is 4.79 Å². The summed E-state index contributed by atoms with van der Waals surface area (Å²) in [5.41, 5.74) is 2.52. The van der Waals surface area contributed by atoms with Crippen LogP contribution in [0.4, 0.5) is 0 Å². The molecule has 1 atom stereocenters. The third-order valence-electron chi connectivity index (χ3n) is 4.61. The van der Waals surface area contributed by atoms with Crippen molar-refractivity contribution in [3.05, 3.63) is 48.0 Å². The number of nitrogens with zero attached hydrogens (tertiary/aromatic N) is 1. The van der Waals surface area contributed by atoms with E-state index in [1.807, 2.05) is 18.2 Å². The van der Waals surface area contributed by atoms with Crippen LogP contribution < -0.4 is 0 Å². The quantitative estimate of drug-likeness (QED) is 0.752. The third kappa shape index (κ3) is 5.25. The summed E-state index contributed by atoms with van der Waals surface area (Å²) in [6.45, 7) is 4.34. The van der Waals surface area contributed by atoms with Gasteiger partial charge in [-0.15, -0.1) is 0 Å². The summed E-state index contributed by atoms with van der Waals surface area (Å²) in [5.74, 6) is 1.22. The lowest BCUT2D eigenvalue weighted by atomic mass is 9.85. The molecular weight excluding hydrogens is 326 g/mol. The molecule has 2 N–H and O–H groups in total. The number of phenols is 2. The molecule has 1 amide bonds. The van der Waals surface area contributed by atoms with E-state index in [9.17, 15) is 15.0 Å². The van der Waals surface area contributed by atoms with Gasteiger partial charge in [0, 0.05) is 26.1 Å². The first kappa shape index (κ1) is 19.8. The van der Waals surface area contributed by atoms with Crippen molar-refractivity contribution in [2.45, 2.75) is 39.0 Å². The molecule has 26 heavy (non-hydrogen) atoms. The van der Waals surface area contributed by atoms with Crippen molar-refractivity contribution in [1.82, 2.24) is 4.90 Å². The summed E-state index contributed by atoms with van der Waals surface area (Å²) >= 11 is 0. The number of carbonyl (C=O) groups is 1. The fraction of sp³-hybridized carbons (Fsp3) is 0.409. The molecule has 0 radical (unpaired) electrons. The standard InChI is InChI=1S/C22H29NO3/c1-15(2)12-16(9-11-22(26)23(3)4)17-8-10-20(21(25)14-17)18-6-5-7-19(24)13-18/h5-8,10,13-16,24-25H,9,11-12H2,1-4H3. The SMILES string of the molecule is CC(C)CC(CCC(=O)N(C)C)c1ccc(-c2cccc(O)c2)c(O)c1. The average Bonchev–Trinajstić information content (AvgIpc) is 2.57. The first-order chi connectivity index (χ1) is 12.3. The number of carbonyl (C=O) groups excluding carboxylic acids is 1. The van der Waals surface area contributed by atoms with Crippen LogP contribution in [0.3, 0.4) is 0 Å². The van der Waals surface area contributed by atoms with E-state index in [4.69, 9.17) is 0 Å². The van der Waals surface area contributed by atoms with Crippen molar-refractivity contribution in [2.75, 3.05) is 14.1 Å². The normalized spacial score (nSPS) is 12.2. The molecule has 0 bridgehead atoms. The third-order valence-corrected chi connectivity index (χ3v) is 4.61. The predicted octanol–water partition coefficient (Wildman–Crippen LogP) is 4.76. The maximum Gasteiger partial charge on any atom is 0.222 e. The van der Waals surface area contributed by atoms with Crippen LogP contribution in [0.5, 0.6) is 11.5 Å². The van der Waals surface area contributed by atoms with Gasteiger partial charge in [-0.2, -0.15) is 0 Å². The Morgan fingerprint density at radius 1 is 1.08 bits per heavy atom. The van der Waals surface area contributed by atoms with Crippen LogP contribution in [0.25, 0.3) is 11.1 Å². The van der Waals surface area contributed by atoms with Crippen LogP contribution in [-0.4, -0.2) is 35.1 Å². The van der Waals surface area contributed by atoms with Gasteiger partial charge in [-0.25, -0.2) is 0 Å². The van der Waals surface area contributed by atoms with E-state index in [1.165, 1.54) is 0 Å². The minimum Gasteiger partial charge on any atom is -0.508 e.